The number of carboxylic acid groups (broad SMARTS) is 1. The van der Waals surface area contributed by atoms with Gasteiger partial charge < -0.3 is 14.6 Å². The maximum atomic E-state index is 10.9. The third-order valence-electron chi connectivity index (χ3n) is 3.38. The summed E-state index contributed by atoms with van der Waals surface area (Å²) in [7, 11) is 0. The van der Waals surface area contributed by atoms with Gasteiger partial charge in [0.25, 0.3) is 5.88 Å². The summed E-state index contributed by atoms with van der Waals surface area (Å²) < 4.78 is 10.4. The van der Waals surface area contributed by atoms with E-state index in [1.165, 1.54) is 6.20 Å². The number of aryl methyl sites for hydroxylation is 1. The number of ether oxygens (including phenoxy) is 2. The molecule has 6 nitrogen and oxygen atoms in total. The molecule has 0 aliphatic rings. The van der Waals surface area contributed by atoms with Gasteiger partial charge in [-0.1, -0.05) is 35.3 Å². The summed E-state index contributed by atoms with van der Waals surface area (Å²) >= 11 is 12.1. The first-order valence-corrected chi connectivity index (χ1v) is 8.16. The number of para-hydroxylation sites is 1. The van der Waals surface area contributed by atoms with Gasteiger partial charge >= 0.3 is 6.16 Å². The average Bonchev–Trinajstić information content (AvgIpc) is 2.60. The average molecular weight is 391 g/mol. The Morgan fingerprint density at radius 2 is 1.85 bits per heavy atom. The van der Waals surface area contributed by atoms with E-state index < -0.39 is 6.16 Å². The highest BCUT2D eigenvalue weighted by Gasteiger charge is 2.16. The Morgan fingerprint density at radius 1 is 1.08 bits per heavy atom. The summed E-state index contributed by atoms with van der Waals surface area (Å²) in [5.41, 5.74) is 1.55. The molecule has 0 unspecified atom stereocenters. The van der Waals surface area contributed by atoms with Crippen molar-refractivity contribution in [2.75, 3.05) is 0 Å². The van der Waals surface area contributed by atoms with Gasteiger partial charge in [-0.25, -0.2) is 9.78 Å². The Bertz CT molecular complexity index is 979. The van der Waals surface area contributed by atoms with Crippen LogP contribution in [-0.2, 0) is 0 Å². The second kappa shape index (κ2) is 7.59. The van der Waals surface area contributed by atoms with Crippen LogP contribution in [0, 0.1) is 6.92 Å². The van der Waals surface area contributed by atoms with Gasteiger partial charge in [-0.05, 0) is 42.8 Å². The summed E-state index contributed by atoms with van der Waals surface area (Å²) in [6, 6.07) is 12.0. The first-order valence-electron chi connectivity index (χ1n) is 7.41. The predicted octanol–water partition coefficient (Wildman–Crippen LogP) is 5.61. The fourth-order valence-electron chi connectivity index (χ4n) is 2.15. The Morgan fingerprint density at radius 3 is 2.54 bits per heavy atom. The lowest BCUT2D eigenvalue weighted by Gasteiger charge is -2.11. The highest BCUT2D eigenvalue weighted by Crippen LogP contribution is 2.34. The predicted molar refractivity (Wildman–Crippen MR) is 97.4 cm³/mol. The monoisotopic (exact) mass is 390 g/mol. The van der Waals surface area contributed by atoms with E-state index in [0.717, 1.165) is 5.56 Å². The molecular formula is C18H12Cl2N2O4. The molecule has 0 radical (unpaired) electrons. The number of carbonyl (C=O) groups is 1. The zero-order chi connectivity index (χ0) is 18.7. The summed E-state index contributed by atoms with van der Waals surface area (Å²) in [4.78, 5) is 19.3. The fourth-order valence-corrected chi connectivity index (χ4v) is 2.44. The van der Waals surface area contributed by atoms with Crippen molar-refractivity contribution < 1.29 is 19.4 Å². The summed E-state index contributed by atoms with van der Waals surface area (Å²) in [6.45, 7) is 1.86. The molecule has 0 spiro atoms. The lowest BCUT2D eigenvalue weighted by molar-refractivity contribution is 0.142. The number of nitrogens with zero attached hydrogens (tertiary/aromatic N) is 2. The van der Waals surface area contributed by atoms with Crippen molar-refractivity contribution in [1.29, 1.82) is 0 Å². The molecule has 1 N–H and O–H groups in total. The molecule has 0 saturated heterocycles. The lowest BCUT2D eigenvalue weighted by Crippen LogP contribution is -2.06. The molecule has 0 bridgehead atoms. The number of hydrogen-bond donors (Lipinski definition) is 1. The fraction of sp³-hybridized carbons (Fsp3) is 0.0556. The summed E-state index contributed by atoms with van der Waals surface area (Å²) in [5.74, 6) is 0.413. The van der Waals surface area contributed by atoms with Crippen molar-refractivity contribution in [2.24, 2.45) is 0 Å². The molecule has 0 atom stereocenters. The van der Waals surface area contributed by atoms with Crippen LogP contribution >= 0.6 is 23.2 Å². The van der Waals surface area contributed by atoms with Crippen LogP contribution in [0.4, 0.5) is 4.79 Å². The molecule has 1 heterocycles. The van der Waals surface area contributed by atoms with E-state index in [0.29, 0.717) is 27.2 Å². The second-order valence-corrected chi connectivity index (χ2v) is 6.04. The van der Waals surface area contributed by atoms with Crippen molar-refractivity contribution in [3.8, 4) is 28.8 Å². The molecule has 8 heteroatoms. The Hall–Kier alpha value is -2.83. The van der Waals surface area contributed by atoms with Crippen LogP contribution in [0.15, 0.2) is 48.7 Å². The van der Waals surface area contributed by atoms with Gasteiger partial charge in [0.05, 0.1) is 11.2 Å². The van der Waals surface area contributed by atoms with Crippen LogP contribution in [-0.4, -0.2) is 21.2 Å². The van der Waals surface area contributed by atoms with Crippen LogP contribution < -0.4 is 9.47 Å². The van der Waals surface area contributed by atoms with Crippen molar-refractivity contribution in [1.82, 2.24) is 9.97 Å². The second-order valence-electron chi connectivity index (χ2n) is 5.23. The topological polar surface area (TPSA) is 81.5 Å². The minimum absolute atomic E-state index is 0.0712. The van der Waals surface area contributed by atoms with Crippen LogP contribution in [0.5, 0.6) is 17.4 Å². The molecule has 0 aliphatic carbocycles. The van der Waals surface area contributed by atoms with Gasteiger partial charge in [-0.15, -0.1) is 0 Å². The molecular weight excluding hydrogens is 379 g/mol. The highest BCUT2D eigenvalue weighted by molar-refractivity contribution is 6.32. The normalized spacial score (nSPS) is 10.4. The standard InChI is InChI=1S/C18H12Cl2N2O4/c1-10-8-11(6-7-12(10)19)16-21-9-15(26-18(23)24)17(22-16)25-14-5-3-2-4-13(14)20/h2-9H,1H3,(H,23,24). The van der Waals surface area contributed by atoms with Gasteiger partial charge in [-0.2, -0.15) is 4.98 Å². The summed E-state index contributed by atoms with van der Waals surface area (Å²) in [6.07, 6.45) is -0.278. The number of benzene rings is 2. The number of aromatic nitrogens is 2. The van der Waals surface area contributed by atoms with E-state index in [-0.39, 0.29) is 11.6 Å². The van der Waals surface area contributed by atoms with E-state index in [4.69, 9.17) is 37.8 Å². The molecule has 0 amide bonds. The zero-order valence-corrected chi connectivity index (χ0v) is 15.0. The molecule has 2 aromatic carbocycles. The first kappa shape index (κ1) is 18.0. The smallest absolute Gasteiger partial charge is 0.449 e. The van der Waals surface area contributed by atoms with Gasteiger partial charge in [0.1, 0.15) is 5.75 Å². The maximum Gasteiger partial charge on any atom is 0.511 e. The van der Waals surface area contributed by atoms with Gasteiger partial charge in [0.2, 0.25) is 5.75 Å². The zero-order valence-electron chi connectivity index (χ0n) is 13.4. The van der Waals surface area contributed by atoms with E-state index in [2.05, 4.69) is 9.97 Å². The van der Waals surface area contributed by atoms with Gasteiger partial charge in [-0.3, -0.25) is 0 Å². The van der Waals surface area contributed by atoms with E-state index >= 15 is 0 Å². The molecule has 0 fully saturated rings. The van der Waals surface area contributed by atoms with Gasteiger partial charge in [0, 0.05) is 10.6 Å². The van der Waals surface area contributed by atoms with Crippen molar-refractivity contribution in [3.05, 3.63) is 64.3 Å². The number of halogens is 2. The largest absolute Gasteiger partial charge is 0.511 e. The maximum absolute atomic E-state index is 10.9. The van der Waals surface area contributed by atoms with Crippen molar-refractivity contribution in [2.45, 2.75) is 6.92 Å². The van der Waals surface area contributed by atoms with Crippen molar-refractivity contribution >= 4 is 29.4 Å². The lowest BCUT2D eigenvalue weighted by atomic mass is 10.1. The van der Waals surface area contributed by atoms with E-state index in [1.807, 2.05) is 13.0 Å². The minimum atomic E-state index is -1.51. The number of hydrogen-bond acceptors (Lipinski definition) is 5. The molecule has 0 saturated carbocycles. The first-order chi connectivity index (χ1) is 12.4. The molecule has 3 rings (SSSR count). The minimum Gasteiger partial charge on any atom is -0.449 e. The van der Waals surface area contributed by atoms with Crippen LogP contribution in [0.3, 0.4) is 0 Å². The molecule has 3 aromatic rings. The number of rotatable bonds is 4. The van der Waals surface area contributed by atoms with Crippen molar-refractivity contribution in [3.63, 3.8) is 0 Å². The van der Waals surface area contributed by atoms with E-state index in [9.17, 15) is 4.79 Å². The quantitative estimate of drug-likeness (QED) is 0.583. The summed E-state index contributed by atoms with van der Waals surface area (Å²) in [5, 5.41) is 9.85. The Labute approximate surface area is 159 Å². The highest BCUT2D eigenvalue weighted by atomic mass is 35.5. The van der Waals surface area contributed by atoms with Crippen LogP contribution in [0.1, 0.15) is 5.56 Å². The third kappa shape index (κ3) is 4.04. The molecule has 0 aliphatic heterocycles. The molecule has 132 valence electrons. The van der Waals surface area contributed by atoms with Crippen LogP contribution in [0.2, 0.25) is 10.0 Å². The molecule has 1 aromatic heterocycles. The SMILES string of the molecule is Cc1cc(-c2ncc(OC(=O)O)c(Oc3ccccc3Cl)n2)ccc1Cl. The van der Waals surface area contributed by atoms with Crippen LogP contribution in [0.25, 0.3) is 11.4 Å². The Kier molecular flexibility index (Phi) is 5.25. The van der Waals surface area contributed by atoms with Gasteiger partial charge in [0.15, 0.2) is 5.82 Å². The third-order valence-corrected chi connectivity index (χ3v) is 4.12. The van der Waals surface area contributed by atoms with E-state index in [1.54, 1.807) is 36.4 Å². The molecule has 26 heavy (non-hydrogen) atoms. The Balaban J connectivity index is 2.05.